The molecule has 7 heteroatoms. The molecule has 0 aromatic heterocycles. The highest BCUT2D eigenvalue weighted by Gasteiger charge is 2.35. The second kappa shape index (κ2) is 18.1. The predicted octanol–water partition coefficient (Wildman–Crippen LogP) is 7.90. The molecule has 0 radical (unpaired) electrons. The molecule has 0 bridgehead atoms. The summed E-state index contributed by atoms with van der Waals surface area (Å²) in [6, 6.07) is 13.7. The van der Waals surface area contributed by atoms with Crippen LogP contribution in [-0.2, 0) is 30.2 Å². The summed E-state index contributed by atoms with van der Waals surface area (Å²) in [5.41, 5.74) is 1.83. The number of hydrogen-bond acceptors (Lipinski definition) is 7. The molecule has 3 unspecified atom stereocenters. The Morgan fingerprint density at radius 3 is 2.26 bits per heavy atom. The first-order chi connectivity index (χ1) is 22.6. The van der Waals surface area contributed by atoms with E-state index in [1.54, 1.807) is 13.8 Å². The highest BCUT2D eigenvalue weighted by atomic mass is 16.5. The lowest BCUT2D eigenvalue weighted by atomic mass is 9.69. The van der Waals surface area contributed by atoms with Crippen molar-refractivity contribution in [2.45, 2.75) is 104 Å². The van der Waals surface area contributed by atoms with Crippen molar-refractivity contribution in [3.8, 4) is 0 Å². The summed E-state index contributed by atoms with van der Waals surface area (Å²) in [4.78, 5) is 24.4. The van der Waals surface area contributed by atoms with Crippen LogP contribution in [0.25, 0.3) is 10.8 Å². The molecule has 260 valence electrons. The maximum atomic E-state index is 12.4. The molecule has 0 spiro atoms. The quantitative estimate of drug-likeness (QED) is 0.102. The Labute approximate surface area is 282 Å². The number of carbonyl (C=O) groups excluding carboxylic acids is 2. The minimum atomic E-state index is -0.930. The minimum absolute atomic E-state index is 0.0477. The van der Waals surface area contributed by atoms with Crippen LogP contribution in [0.2, 0.25) is 0 Å². The summed E-state index contributed by atoms with van der Waals surface area (Å²) >= 11 is 0. The summed E-state index contributed by atoms with van der Waals surface area (Å²) in [5, 5.41) is 21.3. The Bertz CT molecular complexity index is 1300. The highest BCUT2D eigenvalue weighted by molar-refractivity contribution is 5.87. The molecule has 1 aliphatic heterocycles. The maximum absolute atomic E-state index is 12.4. The van der Waals surface area contributed by atoms with Crippen molar-refractivity contribution < 1.29 is 34.0 Å². The smallest absolute Gasteiger partial charge is 0.335 e. The Balaban J connectivity index is 1.26. The third-order valence-corrected chi connectivity index (χ3v) is 10.7. The van der Waals surface area contributed by atoms with Crippen molar-refractivity contribution in [2.75, 3.05) is 33.0 Å². The van der Waals surface area contributed by atoms with E-state index in [4.69, 9.17) is 14.2 Å². The number of rotatable bonds is 17. The van der Waals surface area contributed by atoms with Crippen LogP contribution in [0.15, 0.2) is 48.6 Å². The van der Waals surface area contributed by atoms with Gasteiger partial charge in [-0.2, -0.15) is 0 Å². The van der Waals surface area contributed by atoms with E-state index in [-0.39, 0.29) is 37.4 Å². The topological polar surface area (TPSA) is 102 Å². The predicted molar refractivity (Wildman–Crippen MR) is 186 cm³/mol. The highest BCUT2D eigenvalue weighted by Crippen LogP contribution is 2.43. The van der Waals surface area contributed by atoms with Crippen LogP contribution in [0, 0.1) is 29.1 Å². The van der Waals surface area contributed by atoms with Gasteiger partial charge >= 0.3 is 11.9 Å². The fourth-order valence-electron chi connectivity index (χ4n) is 7.39. The summed E-state index contributed by atoms with van der Waals surface area (Å²) in [6.45, 7) is 9.77. The van der Waals surface area contributed by atoms with E-state index in [2.05, 4.69) is 49.9 Å². The molecule has 3 atom stereocenters. The number of aryl methyl sites for hydroxylation is 1. The van der Waals surface area contributed by atoms with E-state index < -0.39 is 24.0 Å². The number of esters is 2. The van der Waals surface area contributed by atoms with Gasteiger partial charge in [0.05, 0.1) is 50.1 Å². The van der Waals surface area contributed by atoms with Gasteiger partial charge in [-0.25, -0.2) is 4.79 Å². The van der Waals surface area contributed by atoms with Gasteiger partial charge in [-0.1, -0.05) is 56.7 Å². The molecule has 1 aliphatic carbocycles. The molecule has 2 aromatic carbocycles. The van der Waals surface area contributed by atoms with Crippen molar-refractivity contribution in [1.29, 1.82) is 0 Å². The normalized spacial score (nSPS) is 22.5. The van der Waals surface area contributed by atoms with E-state index in [9.17, 15) is 19.8 Å². The van der Waals surface area contributed by atoms with Gasteiger partial charge in [-0.15, -0.1) is 0 Å². The lowest BCUT2D eigenvalue weighted by molar-refractivity contribution is -0.156. The number of carbonyl (C=O) groups is 2. The largest absolute Gasteiger partial charge is 0.465 e. The first-order valence-corrected chi connectivity index (χ1v) is 18.0. The molecular formula is C40H58O7. The molecule has 4 rings (SSSR count). The summed E-state index contributed by atoms with van der Waals surface area (Å²) in [7, 11) is 0. The van der Waals surface area contributed by atoms with Gasteiger partial charge in [0.15, 0.2) is 0 Å². The molecule has 2 aliphatic rings. The summed E-state index contributed by atoms with van der Waals surface area (Å²) in [5.74, 6) is 0.936. The Hall–Kier alpha value is -2.74. The van der Waals surface area contributed by atoms with E-state index in [0.717, 1.165) is 45.1 Å². The van der Waals surface area contributed by atoms with Gasteiger partial charge < -0.3 is 24.4 Å². The van der Waals surface area contributed by atoms with Gasteiger partial charge in [0, 0.05) is 0 Å². The van der Waals surface area contributed by atoms with Crippen LogP contribution in [0.1, 0.15) is 109 Å². The molecule has 7 nitrogen and oxygen atoms in total. The van der Waals surface area contributed by atoms with Crippen LogP contribution < -0.4 is 0 Å². The molecule has 2 N–H and O–H groups in total. The third-order valence-electron chi connectivity index (χ3n) is 10.7. The van der Waals surface area contributed by atoms with Crippen LogP contribution in [0.5, 0.6) is 0 Å². The number of unbranched alkanes of at least 4 members (excludes halogenated alkanes) is 2. The van der Waals surface area contributed by atoms with E-state index >= 15 is 0 Å². The minimum Gasteiger partial charge on any atom is -0.465 e. The van der Waals surface area contributed by atoms with Gasteiger partial charge in [0.25, 0.3) is 0 Å². The fraction of sp³-hybridized carbons (Fsp3) is 0.650. The average molecular weight is 651 g/mol. The second-order valence-corrected chi connectivity index (χ2v) is 14.6. The zero-order chi connectivity index (χ0) is 33.8. The Morgan fingerprint density at radius 1 is 0.915 bits per heavy atom. The zero-order valence-corrected chi connectivity index (χ0v) is 29.0. The number of fused-ring (bicyclic) bond motifs is 1. The monoisotopic (exact) mass is 650 g/mol. The molecule has 1 saturated heterocycles. The molecule has 1 saturated carbocycles. The van der Waals surface area contributed by atoms with Crippen LogP contribution in [0.3, 0.4) is 0 Å². The van der Waals surface area contributed by atoms with E-state index in [1.165, 1.54) is 47.6 Å². The van der Waals surface area contributed by atoms with E-state index in [1.807, 2.05) is 0 Å². The molecule has 2 aromatic rings. The van der Waals surface area contributed by atoms with Crippen molar-refractivity contribution >= 4 is 22.7 Å². The molecule has 0 amide bonds. The average Bonchev–Trinajstić information content (AvgIpc) is 3.10. The fourth-order valence-corrected chi connectivity index (χ4v) is 7.39. The van der Waals surface area contributed by atoms with Crippen molar-refractivity contribution in [3.63, 3.8) is 0 Å². The first-order valence-electron chi connectivity index (χ1n) is 18.0. The van der Waals surface area contributed by atoms with Crippen molar-refractivity contribution in [2.24, 2.45) is 29.1 Å². The standard InChI is InChI=1S/C40H58O7/c1-5-6-7-8-29-9-10-34-24-35(16-15-33(34)23-29)37-18-17-36(26-47-37)31-13-11-30(12-14-31)32(19-21-45-38(43)28(2)25-41)20-22-46-39(44)40(3,4)27-42/h9-10,15-16,23-24,30-32,36-37,41-42H,2,5-8,11-14,17-22,25-27H2,1,3-4H3. The van der Waals surface area contributed by atoms with Crippen LogP contribution in [0.4, 0.5) is 0 Å². The lowest BCUT2D eigenvalue weighted by Gasteiger charge is -2.40. The molecule has 2 fully saturated rings. The third kappa shape index (κ3) is 10.6. The second-order valence-electron chi connectivity index (χ2n) is 14.6. The molecular weight excluding hydrogens is 592 g/mol. The molecule has 47 heavy (non-hydrogen) atoms. The zero-order valence-electron chi connectivity index (χ0n) is 29.0. The van der Waals surface area contributed by atoms with Crippen molar-refractivity contribution in [1.82, 2.24) is 0 Å². The van der Waals surface area contributed by atoms with Crippen molar-refractivity contribution in [3.05, 3.63) is 59.7 Å². The number of benzene rings is 2. The number of aliphatic hydroxyl groups is 2. The summed E-state index contributed by atoms with van der Waals surface area (Å²) in [6.07, 6.45) is 13.1. The van der Waals surface area contributed by atoms with E-state index in [0.29, 0.717) is 30.6 Å². The van der Waals surface area contributed by atoms with Crippen LogP contribution >= 0.6 is 0 Å². The van der Waals surface area contributed by atoms with Gasteiger partial charge in [0.2, 0.25) is 0 Å². The Morgan fingerprint density at radius 2 is 1.60 bits per heavy atom. The Kier molecular flexibility index (Phi) is 14.3. The number of hydrogen-bond donors (Lipinski definition) is 2. The maximum Gasteiger partial charge on any atom is 0.335 e. The van der Waals surface area contributed by atoms with Crippen LogP contribution in [-0.4, -0.2) is 55.2 Å². The lowest BCUT2D eigenvalue weighted by Crippen LogP contribution is -2.33. The van der Waals surface area contributed by atoms with Gasteiger partial charge in [-0.3, -0.25) is 4.79 Å². The SMILES string of the molecule is C=C(CO)C(=O)OCCC(CCOC(=O)C(C)(C)CO)C1CCC(C2CCC(c3ccc4cc(CCCCC)ccc4c3)OC2)CC1. The number of aliphatic hydroxyl groups excluding tert-OH is 2. The first kappa shape index (κ1) is 37.1. The van der Waals surface area contributed by atoms with Gasteiger partial charge in [0.1, 0.15) is 0 Å². The summed E-state index contributed by atoms with van der Waals surface area (Å²) < 4.78 is 17.4. The van der Waals surface area contributed by atoms with Gasteiger partial charge in [-0.05, 0) is 130 Å². The molecule has 1 heterocycles. The number of ether oxygens (including phenoxy) is 3.